The molecule has 1 aromatic carbocycles. The third kappa shape index (κ3) is 3.81. The molecule has 0 atom stereocenters. The second-order valence-electron chi connectivity index (χ2n) is 4.16. The van der Waals surface area contributed by atoms with Gasteiger partial charge in [-0.3, -0.25) is 4.79 Å². The highest BCUT2D eigenvalue weighted by Crippen LogP contribution is 2.41. The molecule has 0 spiro atoms. The SMILES string of the molecule is COc1cc(CCC(=O)O)cc(C(C)(F)F)c1OC. The van der Waals surface area contributed by atoms with E-state index in [4.69, 9.17) is 14.6 Å². The molecule has 0 saturated heterocycles. The van der Waals surface area contributed by atoms with E-state index in [9.17, 15) is 13.6 Å². The zero-order valence-electron chi connectivity index (χ0n) is 11.0. The Hall–Kier alpha value is -1.85. The Morgan fingerprint density at radius 1 is 1.32 bits per heavy atom. The Labute approximate surface area is 109 Å². The van der Waals surface area contributed by atoms with E-state index in [2.05, 4.69) is 0 Å². The van der Waals surface area contributed by atoms with Crippen LogP contribution in [-0.4, -0.2) is 25.3 Å². The number of aliphatic carboxylic acids is 1. The van der Waals surface area contributed by atoms with Crippen LogP contribution >= 0.6 is 0 Å². The van der Waals surface area contributed by atoms with Crippen molar-refractivity contribution < 1.29 is 28.2 Å². The number of carbonyl (C=O) groups is 1. The Morgan fingerprint density at radius 3 is 2.37 bits per heavy atom. The van der Waals surface area contributed by atoms with Crippen molar-refractivity contribution in [3.05, 3.63) is 23.3 Å². The maximum absolute atomic E-state index is 13.5. The fourth-order valence-corrected chi connectivity index (χ4v) is 1.74. The van der Waals surface area contributed by atoms with Gasteiger partial charge in [0.25, 0.3) is 5.92 Å². The summed E-state index contributed by atoms with van der Waals surface area (Å²) in [7, 11) is 2.63. The zero-order valence-corrected chi connectivity index (χ0v) is 11.0. The van der Waals surface area contributed by atoms with E-state index in [1.807, 2.05) is 0 Å². The largest absolute Gasteiger partial charge is 0.493 e. The highest BCUT2D eigenvalue weighted by molar-refractivity contribution is 5.67. The monoisotopic (exact) mass is 274 g/mol. The molecule has 0 aliphatic rings. The number of carboxylic acids is 1. The second-order valence-corrected chi connectivity index (χ2v) is 4.16. The van der Waals surface area contributed by atoms with Gasteiger partial charge in [-0.15, -0.1) is 0 Å². The average Bonchev–Trinajstić information content (AvgIpc) is 2.33. The third-order valence-corrected chi connectivity index (χ3v) is 2.64. The number of methoxy groups -OCH3 is 2. The van der Waals surface area contributed by atoms with Gasteiger partial charge in [-0.25, -0.2) is 8.78 Å². The van der Waals surface area contributed by atoms with Crippen LogP contribution in [0.25, 0.3) is 0 Å². The molecule has 106 valence electrons. The smallest absolute Gasteiger partial charge is 0.303 e. The minimum Gasteiger partial charge on any atom is -0.493 e. The zero-order chi connectivity index (χ0) is 14.6. The summed E-state index contributed by atoms with van der Waals surface area (Å²) in [5, 5.41) is 8.63. The molecule has 0 aliphatic carbocycles. The van der Waals surface area contributed by atoms with Gasteiger partial charge in [-0.05, 0) is 24.1 Å². The van der Waals surface area contributed by atoms with E-state index >= 15 is 0 Å². The summed E-state index contributed by atoms with van der Waals surface area (Å²) >= 11 is 0. The molecule has 0 saturated carbocycles. The van der Waals surface area contributed by atoms with E-state index in [1.54, 1.807) is 0 Å². The summed E-state index contributed by atoms with van der Waals surface area (Å²) in [5.74, 6) is -3.95. The van der Waals surface area contributed by atoms with Gasteiger partial charge in [0.1, 0.15) is 0 Å². The van der Waals surface area contributed by atoms with Crippen LogP contribution in [0.4, 0.5) is 8.78 Å². The molecule has 0 amide bonds. The van der Waals surface area contributed by atoms with Gasteiger partial charge in [0.05, 0.1) is 19.8 Å². The Morgan fingerprint density at radius 2 is 1.95 bits per heavy atom. The van der Waals surface area contributed by atoms with Crippen LogP contribution in [0.5, 0.6) is 11.5 Å². The first-order valence-corrected chi connectivity index (χ1v) is 5.64. The lowest BCUT2D eigenvalue weighted by Gasteiger charge is -2.19. The Balaban J connectivity index is 3.26. The van der Waals surface area contributed by atoms with E-state index in [1.165, 1.54) is 26.4 Å². The second kappa shape index (κ2) is 5.86. The number of alkyl halides is 2. The predicted molar refractivity (Wildman–Crippen MR) is 65.1 cm³/mol. The molecule has 0 unspecified atom stereocenters. The fourth-order valence-electron chi connectivity index (χ4n) is 1.74. The molecule has 4 nitrogen and oxygen atoms in total. The molecule has 1 rings (SSSR count). The van der Waals surface area contributed by atoms with Gasteiger partial charge in [-0.1, -0.05) is 0 Å². The molecule has 1 aromatic rings. The van der Waals surface area contributed by atoms with Crippen LogP contribution in [0.3, 0.4) is 0 Å². The van der Waals surface area contributed by atoms with Crippen molar-refractivity contribution in [2.45, 2.75) is 25.7 Å². The van der Waals surface area contributed by atoms with Crippen LogP contribution in [0.1, 0.15) is 24.5 Å². The van der Waals surface area contributed by atoms with E-state index < -0.39 is 11.9 Å². The molecule has 6 heteroatoms. The summed E-state index contributed by atoms with van der Waals surface area (Å²) in [4.78, 5) is 10.5. The molecule has 0 heterocycles. The lowest BCUT2D eigenvalue weighted by atomic mass is 10.0. The third-order valence-electron chi connectivity index (χ3n) is 2.64. The topological polar surface area (TPSA) is 55.8 Å². The van der Waals surface area contributed by atoms with Gasteiger partial charge in [0.2, 0.25) is 0 Å². The first-order valence-electron chi connectivity index (χ1n) is 5.64. The van der Waals surface area contributed by atoms with Gasteiger partial charge < -0.3 is 14.6 Å². The number of halogens is 2. The van der Waals surface area contributed by atoms with Crippen molar-refractivity contribution >= 4 is 5.97 Å². The van der Waals surface area contributed by atoms with E-state index in [0.717, 1.165) is 6.92 Å². The minimum absolute atomic E-state index is 0.0333. The van der Waals surface area contributed by atoms with Gasteiger partial charge in [0.15, 0.2) is 11.5 Å². The van der Waals surface area contributed by atoms with E-state index in [-0.39, 0.29) is 29.9 Å². The van der Waals surface area contributed by atoms with Crippen molar-refractivity contribution in [3.8, 4) is 11.5 Å². The van der Waals surface area contributed by atoms with Gasteiger partial charge in [-0.2, -0.15) is 0 Å². The lowest BCUT2D eigenvalue weighted by Crippen LogP contribution is -2.11. The first-order chi connectivity index (χ1) is 8.79. The highest BCUT2D eigenvalue weighted by Gasteiger charge is 2.31. The molecule has 0 radical (unpaired) electrons. The molecule has 0 aliphatic heterocycles. The molecule has 0 bridgehead atoms. The highest BCUT2D eigenvalue weighted by atomic mass is 19.3. The van der Waals surface area contributed by atoms with Crippen LogP contribution in [-0.2, 0) is 17.1 Å². The number of aryl methyl sites for hydroxylation is 1. The average molecular weight is 274 g/mol. The van der Waals surface area contributed by atoms with Crippen LogP contribution < -0.4 is 9.47 Å². The quantitative estimate of drug-likeness (QED) is 0.866. The van der Waals surface area contributed by atoms with Gasteiger partial charge >= 0.3 is 5.97 Å². The van der Waals surface area contributed by atoms with Crippen LogP contribution in [0.15, 0.2) is 12.1 Å². The summed E-state index contributed by atoms with van der Waals surface area (Å²) in [6.07, 6.45) is 0.0168. The molecule has 0 aromatic heterocycles. The number of ether oxygens (including phenoxy) is 2. The predicted octanol–water partition coefficient (Wildman–Crippen LogP) is 2.83. The van der Waals surface area contributed by atoms with Crippen molar-refractivity contribution in [2.24, 2.45) is 0 Å². The first kappa shape index (κ1) is 15.2. The lowest BCUT2D eigenvalue weighted by molar-refractivity contribution is -0.136. The summed E-state index contributed by atoms with van der Waals surface area (Å²) in [5.41, 5.74) is 0.159. The maximum atomic E-state index is 13.5. The normalized spacial score (nSPS) is 11.2. The number of hydrogen-bond donors (Lipinski definition) is 1. The fraction of sp³-hybridized carbons (Fsp3) is 0.462. The number of benzene rings is 1. The molecule has 0 fully saturated rings. The van der Waals surface area contributed by atoms with Crippen molar-refractivity contribution in [3.63, 3.8) is 0 Å². The summed E-state index contributed by atoms with van der Waals surface area (Å²) in [6, 6.07) is 2.77. The molecular weight excluding hydrogens is 258 g/mol. The van der Waals surface area contributed by atoms with Gasteiger partial charge in [0, 0.05) is 13.3 Å². The van der Waals surface area contributed by atoms with Crippen molar-refractivity contribution in [2.75, 3.05) is 14.2 Å². The van der Waals surface area contributed by atoms with Crippen molar-refractivity contribution in [1.82, 2.24) is 0 Å². The van der Waals surface area contributed by atoms with Crippen LogP contribution in [0.2, 0.25) is 0 Å². The molecule has 19 heavy (non-hydrogen) atoms. The molecular formula is C13H16F2O4. The maximum Gasteiger partial charge on any atom is 0.303 e. The Kier molecular flexibility index (Phi) is 4.69. The van der Waals surface area contributed by atoms with E-state index in [0.29, 0.717) is 5.56 Å². The summed E-state index contributed by atoms with van der Waals surface area (Å²) in [6.45, 7) is 0.755. The summed E-state index contributed by atoms with van der Waals surface area (Å²) < 4.78 is 37.1. The standard InChI is InChI=1S/C13H16F2O4/c1-13(14,15)9-6-8(4-5-11(16)17)7-10(18-2)12(9)19-3/h6-7H,4-5H2,1-3H3,(H,16,17). The number of hydrogen-bond acceptors (Lipinski definition) is 3. The molecule has 1 N–H and O–H groups in total. The minimum atomic E-state index is -3.10. The number of rotatable bonds is 6. The Bertz CT molecular complexity index is 466. The number of carboxylic acid groups (broad SMARTS) is 1. The van der Waals surface area contributed by atoms with Crippen molar-refractivity contribution in [1.29, 1.82) is 0 Å². The van der Waals surface area contributed by atoms with Crippen LogP contribution in [0, 0.1) is 0 Å².